The van der Waals surface area contributed by atoms with Crippen LogP contribution in [0.3, 0.4) is 0 Å². The van der Waals surface area contributed by atoms with Gasteiger partial charge in [0.05, 0.1) is 13.6 Å². The molecule has 0 radical (unpaired) electrons. The maximum absolute atomic E-state index is 13.8. The highest BCUT2D eigenvalue weighted by Gasteiger charge is 2.20. The number of hydrogen-bond acceptors (Lipinski definition) is 2. The fraction of sp³-hybridized carbons (Fsp3) is 0.167. The molecule has 0 amide bonds. The van der Waals surface area contributed by atoms with Gasteiger partial charge in [-0.15, -0.1) is 11.3 Å². The Balaban J connectivity index is 2.48. The van der Waals surface area contributed by atoms with Crippen LogP contribution in [-0.4, -0.2) is 7.05 Å². The van der Waals surface area contributed by atoms with Crippen LogP contribution >= 0.6 is 43.2 Å². The highest BCUT2D eigenvalue weighted by atomic mass is 79.9. The number of thiophene rings is 1. The van der Waals surface area contributed by atoms with Crippen molar-refractivity contribution in [3.8, 4) is 0 Å². The lowest BCUT2D eigenvalue weighted by Crippen LogP contribution is -2.18. The molecule has 2 aromatic rings. The summed E-state index contributed by atoms with van der Waals surface area (Å²) >= 11 is 8.35. The van der Waals surface area contributed by atoms with E-state index in [4.69, 9.17) is 0 Å². The van der Waals surface area contributed by atoms with E-state index in [1.54, 1.807) is 7.05 Å². The third-order valence-electron chi connectivity index (χ3n) is 2.56. The summed E-state index contributed by atoms with van der Waals surface area (Å²) in [6.45, 7) is 0. The quantitative estimate of drug-likeness (QED) is 0.781. The Morgan fingerprint density at radius 2 is 1.89 bits per heavy atom. The molecular formula is C12H9Br2F2NS. The molecule has 1 N–H and O–H groups in total. The van der Waals surface area contributed by atoms with E-state index in [0.717, 1.165) is 19.2 Å². The van der Waals surface area contributed by atoms with Gasteiger partial charge in [-0.05, 0) is 56.6 Å². The second kappa shape index (κ2) is 5.77. The van der Waals surface area contributed by atoms with Gasteiger partial charge in [-0.3, -0.25) is 0 Å². The lowest BCUT2D eigenvalue weighted by molar-refractivity contribution is 0.551. The van der Waals surface area contributed by atoms with E-state index < -0.39 is 11.6 Å². The average molecular weight is 397 g/mol. The lowest BCUT2D eigenvalue weighted by atomic mass is 10.0. The van der Waals surface area contributed by atoms with Gasteiger partial charge in [0.1, 0.15) is 11.6 Å². The lowest BCUT2D eigenvalue weighted by Gasteiger charge is -2.17. The minimum Gasteiger partial charge on any atom is -0.309 e. The predicted molar refractivity (Wildman–Crippen MR) is 77.0 cm³/mol. The highest BCUT2D eigenvalue weighted by molar-refractivity contribution is 9.12. The van der Waals surface area contributed by atoms with Crippen molar-refractivity contribution < 1.29 is 8.78 Å². The van der Waals surface area contributed by atoms with Crippen molar-refractivity contribution in [2.24, 2.45) is 0 Å². The minimum absolute atomic E-state index is 0.317. The van der Waals surface area contributed by atoms with E-state index in [-0.39, 0.29) is 6.04 Å². The van der Waals surface area contributed by atoms with Crippen molar-refractivity contribution in [1.29, 1.82) is 0 Å². The molecule has 0 spiro atoms. The Bertz CT molecular complexity index is 571. The van der Waals surface area contributed by atoms with Crippen molar-refractivity contribution in [3.63, 3.8) is 0 Å². The van der Waals surface area contributed by atoms with Gasteiger partial charge < -0.3 is 5.32 Å². The van der Waals surface area contributed by atoms with Crippen LogP contribution in [0.15, 0.2) is 31.8 Å². The van der Waals surface area contributed by atoms with Crippen LogP contribution in [0.25, 0.3) is 0 Å². The first-order valence-corrected chi connectivity index (χ1v) is 7.50. The Hall–Kier alpha value is -0.300. The Kier molecular flexibility index (Phi) is 4.53. The number of halogens is 4. The van der Waals surface area contributed by atoms with Gasteiger partial charge in [-0.25, -0.2) is 8.78 Å². The molecule has 0 fully saturated rings. The summed E-state index contributed by atoms with van der Waals surface area (Å²) in [6, 6.07) is 5.22. The van der Waals surface area contributed by atoms with E-state index in [2.05, 4.69) is 37.2 Å². The molecule has 1 aromatic carbocycles. The van der Waals surface area contributed by atoms with Gasteiger partial charge in [0.25, 0.3) is 0 Å². The summed E-state index contributed by atoms with van der Waals surface area (Å²) in [4.78, 5) is 0. The molecule has 1 heterocycles. The molecule has 0 aliphatic rings. The van der Waals surface area contributed by atoms with Gasteiger partial charge >= 0.3 is 0 Å². The van der Waals surface area contributed by atoms with Crippen molar-refractivity contribution in [1.82, 2.24) is 5.32 Å². The van der Waals surface area contributed by atoms with Gasteiger partial charge in [-0.1, -0.05) is 6.07 Å². The van der Waals surface area contributed by atoms with E-state index in [0.29, 0.717) is 5.56 Å². The molecule has 6 heteroatoms. The predicted octanol–water partition coefficient (Wildman–Crippen LogP) is 4.86. The summed E-state index contributed by atoms with van der Waals surface area (Å²) < 4.78 is 28.6. The first kappa shape index (κ1) is 14.1. The summed E-state index contributed by atoms with van der Waals surface area (Å²) in [7, 11) is 1.74. The van der Waals surface area contributed by atoms with Gasteiger partial charge in [0, 0.05) is 11.6 Å². The molecule has 0 saturated heterocycles. The normalized spacial score (nSPS) is 12.7. The maximum atomic E-state index is 13.8. The van der Waals surface area contributed by atoms with Crippen LogP contribution in [0.1, 0.15) is 17.2 Å². The van der Waals surface area contributed by atoms with E-state index in [1.165, 1.54) is 23.5 Å². The molecule has 96 valence electrons. The Labute approximate surface area is 124 Å². The molecule has 0 aliphatic heterocycles. The summed E-state index contributed by atoms with van der Waals surface area (Å²) in [5.74, 6) is -1.12. The zero-order valence-corrected chi connectivity index (χ0v) is 13.3. The first-order chi connectivity index (χ1) is 8.52. The molecular weight excluding hydrogens is 388 g/mol. The molecule has 0 aliphatic carbocycles. The van der Waals surface area contributed by atoms with Crippen LogP contribution in [0.5, 0.6) is 0 Å². The molecule has 0 bridgehead atoms. The molecule has 1 unspecified atom stereocenters. The average Bonchev–Trinajstić information content (AvgIpc) is 2.62. The van der Waals surface area contributed by atoms with Crippen LogP contribution in [-0.2, 0) is 0 Å². The van der Waals surface area contributed by atoms with Crippen LogP contribution < -0.4 is 5.32 Å². The maximum Gasteiger partial charge on any atom is 0.131 e. The minimum atomic E-state index is -0.573. The topological polar surface area (TPSA) is 12.0 Å². The van der Waals surface area contributed by atoms with Crippen LogP contribution in [0.4, 0.5) is 8.78 Å². The highest BCUT2D eigenvalue weighted by Crippen LogP contribution is 2.38. The second-order valence-corrected chi connectivity index (χ2v) is 7.42. The smallest absolute Gasteiger partial charge is 0.131 e. The third kappa shape index (κ3) is 2.82. The number of rotatable bonds is 3. The molecule has 18 heavy (non-hydrogen) atoms. The summed E-state index contributed by atoms with van der Waals surface area (Å²) in [5, 5.41) is 3.04. The van der Waals surface area contributed by atoms with Crippen molar-refractivity contribution in [2.75, 3.05) is 7.05 Å². The first-order valence-electron chi connectivity index (χ1n) is 5.10. The van der Waals surface area contributed by atoms with E-state index in [1.807, 2.05) is 6.07 Å². The number of benzene rings is 1. The molecule has 2 rings (SSSR count). The van der Waals surface area contributed by atoms with Gasteiger partial charge in [-0.2, -0.15) is 0 Å². The Morgan fingerprint density at radius 1 is 1.17 bits per heavy atom. The number of hydrogen-bond donors (Lipinski definition) is 1. The fourth-order valence-corrected chi connectivity index (χ4v) is 4.67. The SMILES string of the molecule is CNC(c1ccc(F)cc1F)c1cc(Br)sc1Br. The zero-order valence-electron chi connectivity index (χ0n) is 9.31. The molecule has 1 atom stereocenters. The van der Waals surface area contributed by atoms with Crippen LogP contribution in [0.2, 0.25) is 0 Å². The van der Waals surface area contributed by atoms with Crippen molar-refractivity contribution in [3.05, 3.63) is 54.6 Å². The monoisotopic (exact) mass is 395 g/mol. The van der Waals surface area contributed by atoms with Gasteiger partial charge in [0.2, 0.25) is 0 Å². The van der Waals surface area contributed by atoms with Gasteiger partial charge in [0.15, 0.2) is 0 Å². The van der Waals surface area contributed by atoms with E-state index in [9.17, 15) is 8.78 Å². The molecule has 1 nitrogen and oxygen atoms in total. The second-order valence-electron chi connectivity index (χ2n) is 3.67. The molecule has 1 aromatic heterocycles. The Morgan fingerprint density at radius 3 is 2.39 bits per heavy atom. The number of nitrogens with one attached hydrogen (secondary N) is 1. The largest absolute Gasteiger partial charge is 0.309 e. The summed E-state index contributed by atoms with van der Waals surface area (Å²) in [6.07, 6.45) is 0. The fourth-order valence-electron chi connectivity index (χ4n) is 1.76. The zero-order chi connectivity index (χ0) is 13.3. The van der Waals surface area contributed by atoms with E-state index >= 15 is 0 Å². The molecule has 0 saturated carbocycles. The standard InChI is InChI=1S/C12H9Br2F2NS/c1-17-11(8-5-10(13)18-12(8)14)7-3-2-6(15)4-9(7)16/h2-5,11,17H,1H3. The van der Waals surface area contributed by atoms with Crippen LogP contribution in [0, 0.1) is 11.6 Å². The van der Waals surface area contributed by atoms with Crippen molar-refractivity contribution >= 4 is 43.2 Å². The third-order valence-corrected chi connectivity index (χ3v) is 4.94. The summed E-state index contributed by atoms with van der Waals surface area (Å²) in [5.41, 5.74) is 1.34. The van der Waals surface area contributed by atoms with Crippen molar-refractivity contribution in [2.45, 2.75) is 6.04 Å².